The van der Waals surface area contributed by atoms with Crippen molar-refractivity contribution in [3.05, 3.63) is 58.3 Å². The first-order valence-electron chi connectivity index (χ1n) is 8.10. The maximum absolute atomic E-state index is 12.7. The van der Waals surface area contributed by atoms with Gasteiger partial charge in [-0.1, -0.05) is 6.07 Å². The molecule has 3 aromatic rings. The number of ether oxygens (including phenoxy) is 1. The van der Waals surface area contributed by atoms with E-state index in [1.807, 2.05) is 58.0 Å². The number of benzene rings is 2. The standard InChI is InChI=1S/C20H21N3O2/c1-11-6-7-15(8-12(11)2)21-19(24)18-20(25-5)23-17-10-14(4)13(3)9-16(17)22-18/h6-10H,1-5H3,(H,21,24). The fraction of sp³-hybridized carbons (Fsp3) is 0.250. The number of carbonyl (C=O) groups excluding carboxylic acids is 1. The molecule has 1 heterocycles. The van der Waals surface area contributed by atoms with Crippen LogP contribution in [0.1, 0.15) is 32.7 Å². The van der Waals surface area contributed by atoms with Crippen LogP contribution in [0.3, 0.4) is 0 Å². The summed E-state index contributed by atoms with van der Waals surface area (Å²) in [5.41, 5.74) is 6.79. The zero-order valence-electron chi connectivity index (χ0n) is 15.1. The van der Waals surface area contributed by atoms with Crippen molar-refractivity contribution < 1.29 is 9.53 Å². The molecule has 0 spiro atoms. The molecule has 0 unspecified atom stereocenters. The van der Waals surface area contributed by atoms with Crippen LogP contribution in [0, 0.1) is 27.7 Å². The Morgan fingerprint density at radius 2 is 1.48 bits per heavy atom. The Balaban J connectivity index is 2.02. The number of rotatable bonds is 3. The van der Waals surface area contributed by atoms with E-state index in [1.165, 1.54) is 12.7 Å². The van der Waals surface area contributed by atoms with E-state index >= 15 is 0 Å². The summed E-state index contributed by atoms with van der Waals surface area (Å²) in [5, 5.41) is 2.87. The molecule has 0 bridgehead atoms. The van der Waals surface area contributed by atoms with Crippen molar-refractivity contribution in [3.8, 4) is 5.88 Å². The highest BCUT2D eigenvalue weighted by Crippen LogP contribution is 2.23. The fourth-order valence-corrected chi connectivity index (χ4v) is 2.60. The van der Waals surface area contributed by atoms with Gasteiger partial charge in [-0.3, -0.25) is 4.79 Å². The van der Waals surface area contributed by atoms with Crippen LogP contribution in [0.4, 0.5) is 5.69 Å². The molecule has 128 valence electrons. The average molecular weight is 335 g/mol. The number of aromatic nitrogens is 2. The van der Waals surface area contributed by atoms with Crippen LogP contribution in [-0.2, 0) is 0 Å². The zero-order chi connectivity index (χ0) is 18.1. The van der Waals surface area contributed by atoms with Crippen LogP contribution in [0.5, 0.6) is 5.88 Å². The summed E-state index contributed by atoms with van der Waals surface area (Å²) in [5.74, 6) is -0.121. The molecule has 1 N–H and O–H groups in total. The van der Waals surface area contributed by atoms with E-state index in [4.69, 9.17) is 4.74 Å². The van der Waals surface area contributed by atoms with Crippen molar-refractivity contribution in [1.29, 1.82) is 0 Å². The van der Waals surface area contributed by atoms with Gasteiger partial charge in [-0.05, 0) is 74.2 Å². The molecule has 0 aliphatic carbocycles. The zero-order valence-corrected chi connectivity index (χ0v) is 15.1. The predicted molar refractivity (Wildman–Crippen MR) is 99.4 cm³/mol. The van der Waals surface area contributed by atoms with Gasteiger partial charge in [0, 0.05) is 5.69 Å². The second kappa shape index (κ2) is 6.51. The molecule has 0 radical (unpaired) electrons. The Kier molecular flexibility index (Phi) is 4.40. The second-order valence-electron chi connectivity index (χ2n) is 6.26. The Labute approximate surface area is 147 Å². The number of methoxy groups -OCH3 is 1. The monoisotopic (exact) mass is 335 g/mol. The van der Waals surface area contributed by atoms with E-state index in [1.54, 1.807) is 0 Å². The molecule has 0 saturated carbocycles. The lowest BCUT2D eigenvalue weighted by Crippen LogP contribution is -2.16. The summed E-state index contributed by atoms with van der Waals surface area (Å²) in [6, 6.07) is 9.66. The van der Waals surface area contributed by atoms with Gasteiger partial charge in [-0.15, -0.1) is 0 Å². The van der Waals surface area contributed by atoms with Crippen LogP contribution < -0.4 is 10.1 Å². The number of amides is 1. The van der Waals surface area contributed by atoms with E-state index < -0.39 is 0 Å². The molecular weight excluding hydrogens is 314 g/mol. The van der Waals surface area contributed by atoms with E-state index in [0.717, 1.165) is 22.4 Å². The van der Waals surface area contributed by atoms with Crippen LogP contribution in [0.15, 0.2) is 30.3 Å². The van der Waals surface area contributed by atoms with Crippen LogP contribution in [0.2, 0.25) is 0 Å². The molecule has 3 rings (SSSR count). The predicted octanol–water partition coefficient (Wildman–Crippen LogP) is 4.12. The molecule has 0 saturated heterocycles. The van der Waals surface area contributed by atoms with Crippen LogP contribution >= 0.6 is 0 Å². The lowest BCUT2D eigenvalue weighted by molar-refractivity contribution is 0.101. The third-order valence-corrected chi connectivity index (χ3v) is 4.42. The van der Waals surface area contributed by atoms with Gasteiger partial charge in [0.1, 0.15) is 0 Å². The molecular formula is C20H21N3O2. The molecule has 1 aromatic heterocycles. The van der Waals surface area contributed by atoms with E-state index in [0.29, 0.717) is 11.0 Å². The second-order valence-corrected chi connectivity index (χ2v) is 6.26. The Hall–Kier alpha value is -2.95. The fourth-order valence-electron chi connectivity index (χ4n) is 2.60. The topological polar surface area (TPSA) is 64.1 Å². The third-order valence-electron chi connectivity index (χ3n) is 4.42. The van der Waals surface area contributed by atoms with Crippen molar-refractivity contribution in [1.82, 2.24) is 9.97 Å². The minimum Gasteiger partial charge on any atom is -0.479 e. The number of hydrogen-bond acceptors (Lipinski definition) is 4. The van der Waals surface area contributed by atoms with E-state index in [2.05, 4.69) is 15.3 Å². The van der Waals surface area contributed by atoms with Crippen molar-refractivity contribution in [2.45, 2.75) is 27.7 Å². The molecule has 0 atom stereocenters. The molecule has 25 heavy (non-hydrogen) atoms. The lowest BCUT2D eigenvalue weighted by atomic mass is 10.1. The number of nitrogens with one attached hydrogen (secondary N) is 1. The normalized spacial score (nSPS) is 10.8. The van der Waals surface area contributed by atoms with Crippen LogP contribution in [-0.4, -0.2) is 23.0 Å². The first-order chi connectivity index (χ1) is 11.9. The lowest BCUT2D eigenvalue weighted by Gasteiger charge is -2.11. The van der Waals surface area contributed by atoms with Gasteiger partial charge >= 0.3 is 0 Å². The van der Waals surface area contributed by atoms with Crippen molar-refractivity contribution in [2.24, 2.45) is 0 Å². The van der Waals surface area contributed by atoms with Gasteiger partial charge in [0.15, 0.2) is 5.69 Å². The Morgan fingerprint density at radius 3 is 2.08 bits per heavy atom. The van der Waals surface area contributed by atoms with Crippen molar-refractivity contribution in [2.75, 3.05) is 12.4 Å². The summed E-state index contributed by atoms with van der Waals surface area (Å²) in [6.07, 6.45) is 0. The summed E-state index contributed by atoms with van der Waals surface area (Å²) >= 11 is 0. The molecule has 1 amide bonds. The van der Waals surface area contributed by atoms with Crippen molar-refractivity contribution in [3.63, 3.8) is 0 Å². The number of fused-ring (bicyclic) bond motifs is 1. The maximum Gasteiger partial charge on any atom is 0.279 e. The molecule has 5 nitrogen and oxygen atoms in total. The molecule has 0 aliphatic heterocycles. The summed E-state index contributed by atoms with van der Waals surface area (Å²) in [7, 11) is 1.49. The van der Waals surface area contributed by atoms with Gasteiger partial charge in [0.25, 0.3) is 5.91 Å². The smallest absolute Gasteiger partial charge is 0.279 e. The van der Waals surface area contributed by atoms with Gasteiger partial charge in [0.2, 0.25) is 5.88 Å². The van der Waals surface area contributed by atoms with E-state index in [-0.39, 0.29) is 17.5 Å². The number of hydrogen-bond donors (Lipinski definition) is 1. The number of anilines is 1. The first kappa shape index (κ1) is 16.9. The largest absolute Gasteiger partial charge is 0.479 e. The highest BCUT2D eigenvalue weighted by Gasteiger charge is 2.18. The van der Waals surface area contributed by atoms with Gasteiger partial charge < -0.3 is 10.1 Å². The summed E-state index contributed by atoms with van der Waals surface area (Å²) in [4.78, 5) is 21.6. The SMILES string of the molecule is COc1nc2cc(C)c(C)cc2nc1C(=O)Nc1ccc(C)c(C)c1. The Morgan fingerprint density at radius 1 is 0.880 bits per heavy atom. The number of carbonyl (C=O) groups is 1. The Bertz CT molecular complexity index is 980. The minimum absolute atomic E-state index is 0.177. The first-order valence-corrected chi connectivity index (χ1v) is 8.10. The van der Waals surface area contributed by atoms with Gasteiger partial charge in [-0.2, -0.15) is 0 Å². The maximum atomic E-state index is 12.7. The molecule has 0 aliphatic rings. The molecule has 0 fully saturated rings. The summed E-state index contributed by atoms with van der Waals surface area (Å²) < 4.78 is 5.29. The highest BCUT2D eigenvalue weighted by molar-refractivity contribution is 6.05. The minimum atomic E-state index is -0.340. The quantitative estimate of drug-likeness (QED) is 0.782. The third kappa shape index (κ3) is 3.31. The average Bonchev–Trinajstić information content (AvgIpc) is 2.58. The molecule has 5 heteroatoms. The number of aryl methyl sites for hydroxylation is 4. The van der Waals surface area contributed by atoms with Gasteiger partial charge in [-0.25, -0.2) is 9.97 Å². The van der Waals surface area contributed by atoms with Crippen molar-refractivity contribution >= 4 is 22.6 Å². The summed E-state index contributed by atoms with van der Waals surface area (Å²) in [6.45, 7) is 8.06. The number of nitrogens with zero attached hydrogens (tertiary/aromatic N) is 2. The van der Waals surface area contributed by atoms with Crippen LogP contribution in [0.25, 0.3) is 11.0 Å². The highest BCUT2D eigenvalue weighted by atomic mass is 16.5. The van der Waals surface area contributed by atoms with Gasteiger partial charge in [0.05, 0.1) is 18.1 Å². The van der Waals surface area contributed by atoms with E-state index in [9.17, 15) is 4.79 Å². The molecule has 2 aromatic carbocycles.